The molecular formula is C16H38. The summed E-state index contributed by atoms with van der Waals surface area (Å²) in [6.07, 6.45) is 9.36. The van der Waals surface area contributed by atoms with E-state index >= 15 is 0 Å². The molecule has 3 aliphatic carbocycles. The van der Waals surface area contributed by atoms with Crippen LogP contribution in [0.25, 0.3) is 0 Å². The highest BCUT2D eigenvalue weighted by molar-refractivity contribution is 4.79. The van der Waals surface area contributed by atoms with Crippen LogP contribution in [0.1, 0.15) is 93.9 Å². The third-order valence-electron chi connectivity index (χ3n) is 2.95. The minimum atomic E-state index is 1.15. The molecule has 2 bridgehead atoms. The van der Waals surface area contributed by atoms with E-state index in [0.717, 1.165) is 11.8 Å². The van der Waals surface area contributed by atoms with Crippen LogP contribution in [0.4, 0.5) is 0 Å². The zero-order valence-electron chi connectivity index (χ0n) is 13.4. The topological polar surface area (TPSA) is 0 Å². The van der Waals surface area contributed by atoms with Crippen molar-refractivity contribution in [3.63, 3.8) is 0 Å². The molecule has 16 heavy (non-hydrogen) atoms. The van der Waals surface area contributed by atoms with Gasteiger partial charge in [0.1, 0.15) is 0 Å². The first-order chi connectivity index (χ1) is 7.95. The van der Waals surface area contributed by atoms with Crippen molar-refractivity contribution in [3.05, 3.63) is 0 Å². The molecule has 0 N–H and O–H groups in total. The van der Waals surface area contributed by atoms with E-state index in [1.807, 2.05) is 55.4 Å². The van der Waals surface area contributed by atoms with Crippen molar-refractivity contribution < 1.29 is 0 Å². The first-order valence-electron chi connectivity index (χ1n) is 7.95. The van der Waals surface area contributed by atoms with E-state index in [9.17, 15) is 0 Å². The summed E-state index contributed by atoms with van der Waals surface area (Å²) < 4.78 is 0. The van der Waals surface area contributed by atoms with E-state index in [0.29, 0.717) is 0 Å². The van der Waals surface area contributed by atoms with E-state index in [1.165, 1.54) is 0 Å². The number of hydrogen-bond donors (Lipinski definition) is 0. The van der Waals surface area contributed by atoms with Crippen molar-refractivity contribution in [2.45, 2.75) is 93.9 Å². The average Bonchev–Trinajstić information content (AvgIpc) is 2.49. The second-order valence-electron chi connectivity index (χ2n) is 3.46. The molecule has 3 saturated carbocycles. The van der Waals surface area contributed by atoms with Crippen molar-refractivity contribution in [1.82, 2.24) is 0 Å². The maximum atomic E-state index is 2.00. The minimum absolute atomic E-state index is 1.15. The van der Waals surface area contributed by atoms with Crippen molar-refractivity contribution in [2.24, 2.45) is 11.8 Å². The fraction of sp³-hybridized carbons (Fsp3) is 1.00. The first-order valence-corrected chi connectivity index (χ1v) is 7.95. The highest BCUT2D eigenvalue weighted by atomic mass is 14.3. The van der Waals surface area contributed by atoms with Gasteiger partial charge in [-0.1, -0.05) is 93.9 Å². The van der Waals surface area contributed by atoms with Crippen molar-refractivity contribution >= 4 is 0 Å². The molecule has 0 spiro atoms. The Hall–Kier alpha value is 0. The molecule has 0 heteroatoms. The SMILES string of the molecule is C1CC2CCC1CC2.CC.CC.CC.CC. The monoisotopic (exact) mass is 230 g/mol. The molecule has 0 unspecified atom stereocenters. The molecule has 0 nitrogen and oxygen atoms in total. The molecular weight excluding hydrogens is 192 g/mol. The molecule has 0 heterocycles. The van der Waals surface area contributed by atoms with Gasteiger partial charge in [-0.3, -0.25) is 0 Å². The molecule has 0 radical (unpaired) electrons. The van der Waals surface area contributed by atoms with Gasteiger partial charge in [-0.2, -0.15) is 0 Å². The van der Waals surface area contributed by atoms with Gasteiger partial charge in [0, 0.05) is 0 Å². The lowest BCUT2D eigenvalue weighted by Gasteiger charge is -2.35. The lowest BCUT2D eigenvalue weighted by molar-refractivity contribution is 0.176. The third-order valence-corrected chi connectivity index (χ3v) is 2.95. The van der Waals surface area contributed by atoms with Crippen LogP contribution >= 0.6 is 0 Å². The Bertz CT molecular complexity index is 55.0. The van der Waals surface area contributed by atoms with Gasteiger partial charge < -0.3 is 0 Å². The fourth-order valence-electron chi connectivity index (χ4n) is 2.28. The Morgan fingerprint density at radius 2 is 0.500 bits per heavy atom. The van der Waals surface area contributed by atoms with Crippen LogP contribution in [-0.2, 0) is 0 Å². The second kappa shape index (κ2) is 20.4. The smallest absolute Gasteiger partial charge is 0.0414 e. The molecule has 0 aromatic rings. The molecule has 102 valence electrons. The maximum Gasteiger partial charge on any atom is -0.0414 e. The zero-order chi connectivity index (χ0) is 13.4. The zero-order valence-corrected chi connectivity index (χ0v) is 13.4. The van der Waals surface area contributed by atoms with E-state index in [4.69, 9.17) is 0 Å². The highest BCUT2D eigenvalue weighted by Gasteiger charge is 2.26. The normalized spacial score (nSPS) is 24.0. The van der Waals surface area contributed by atoms with Gasteiger partial charge in [0.25, 0.3) is 0 Å². The van der Waals surface area contributed by atoms with Crippen LogP contribution < -0.4 is 0 Å². The molecule has 0 aromatic heterocycles. The maximum absolute atomic E-state index is 2.00. The summed E-state index contributed by atoms with van der Waals surface area (Å²) in [4.78, 5) is 0. The Morgan fingerprint density at radius 1 is 0.375 bits per heavy atom. The van der Waals surface area contributed by atoms with Crippen LogP contribution in [-0.4, -0.2) is 0 Å². The number of hydrogen-bond acceptors (Lipinski definition) is 0. The van der Waals surface area contributed by atoms with Crippen molar-refractivity contribution in [2.75, 3.05) is 0 Å². The Labute approximate surface area is 106 Å². The van der Waals surface area contributed by atoms with Gasteiger partial charge in [0.15, 0.2) is 0 Å². The summed E-state index contributed by atoms with van der Waals surface area (Å²) in [5.41, 5.74) is 0. The summed E-state index contributed by atoms with van der Waals surface area (Å²) in [5.74, 6) is 2.31. The van der Waals surface area contributed by atoms with Gasteiger partial charge in [-0.15, -0.1) is 0 Å². The molecule has 3 aliphatic rings. The number of fused-ring (bicyclic) bond motifs is 3. The average molecular weight is 230 g/mol. The van der Waals surface area contributed by atoms with E-state index in [2.05, 4.69) is 0 Å². The first kappa shape index (κ1) is 21.3. The van der Waals surface area contributed by atoms with E-state index < -0.39 is 0 Å². The minimum Gasteiger partial charge on any atom is -0.0683 e. The molecule has 0 aromatic carbocycles. The summed E-state index contributed by atoms with van der Waals surface area (Å²) in [6.45, 7) is 16.0. The second-order valence-corrected chi connectivity index (χ2v) is 3.46. The van der Waals surface area contributed by atoms with Gasteiger partial charge >= 0.3 is 0 Å². The Balaban J connectivity index is -0.000000183. The van der Waals surface area contributed by atoms with Crippen LogP contribution in [0.15, 0.2) is 0 Å². The molecule has 3 fully saturated rings. The summed E-state index contributed by atoms with van der Waals surface area (Å²) in [5, 5.41) is 0. The summed E-state index contributed by atoms with van der Waals surface area (Å²) in [6, 6.07) is 0. The quantitative estimate of drug-likeness (QED) is 0.435. The third kappa shape index (κ3) is 10.5. The van der Waals surface area contributed by atoms with Crippen LogP contribution in [0.5, 0.6) is 0 Å². The van der Waals surface area contributed by atoms with Gasteiger partial charge in [0.05, 0.1) is 0 Å². The van der Waals surface area contributed by atoms with E-state index in [1.54, 1.807) is 38.5 Å². The van der Waals surface area contributed by atoms with Gasteiger partial charge in [-0.05, 0) is 11.8 Å². The molecule has 3 rings (SSSR count). The largest absolute Gasteiger partial charge is 0.0683 e. The lowest BCUT2D eigenvalue weighted by atomic mass is 9.71. The fourth-order valence-corrected chi connectivity index (χ4v) is 2.28. The Morgan fingerprint density at radius 3 is 0.562 bits per heavy atom. The predicted octanol–water partition coefficient (Wildman–Crippen LogP) is 6.69. The molecule has 0 saturated heterocycles. The Kier molecular flexibility index (Phi) is 27.2. The summed E-state index contributed by atoms with van der Waals surface area (Å²) >= 11 is 0. The van der Waals surface area contributed by atoms with Crippen LogP contribution in [0.3, 0.4) is 0 Å². The number of rotatable bonds is 0. The van der Waals surface area contributed by atoms with Crippen molar-refractivity contribution in [1.29, 1.82) is 0 Å². The van der Waals surface area contributed by atoms with Gasteiger partial charge in [-0.25, -0.2) is 0 Å². The highest BCUT2D eigenvalue weighted by Crippen LogP contribution is 2.40. The molecule has 0 atom stereocenters. The van der Waals surface area contributed by atoms with E-state index in [-0.39, 0.29) is 0 Å². The lowest BCUT2D eigenvalue weighted by Crippen LogP contribution is -2.21. The standard InChI is InChI=1S/C8H14.4C2H6/c1-2-8-5-3-7(1)4-6-8;4*1-2/h7-8H,1-6H2;4*1-2H3. The molecule has 0 amide bonds. The summed E-state index contributed by atoms with van der Waals surface area (Å²) in [7, 11) is 0. The van der Waals surface area contributed by atoms with Crippen LogP contribution in [0, 0.1) is 11.8 Å². The molecule has 0 aliphatic heterocycles. The van der Waals surface area contributed by atoms with Crippen LogP contribution in [0.2, 0.25) is 0 Å². The predicted molar refractivity (Wildman–Crippen MR) is 80.1 cm³/mol. The van der Waals surface area contributed by atoms with Crippen molar-refractivity contribution in [3.8, 4) is 0 Å². The van der Waals surface area contributed by atoms with Gasteiger partial charge in [0.2, 0.25) is 0 Å².